The van der Waals surface area contributed by atoms with Gasteiger partial charge in [-0.2, -0.15) is 0 Å². The molecule has 0 radical (unpaired) electrons. The molecule has 5 nitrogen and oxygen atoms in total. The first-order valence-electron chi connectivity index (χ1n) is 8.81. The molecule has 26 heavy (non-hydrogen) atoms. The average molecular weight is 349 g/mol. The number of aromatic nitrogens is 1. The molecular formula is C21H23N3O2. The van der Waals surface area contributed by atoms with Gasteiger partial charge < -0.3 is 19.5 Å². The van der Waals surface area contributed by atoms with Gasteiger partial charge in [0, 0.05) is 42.9 Å². The normalized spacial score (nSPS) is 13.6. The predicted molar refractivity (Wildman–Crippen MR) is 104 cm³/mol. The van der Waals surface area contributed by atoms with Crippen molar-refractivity contribution in [2.75, 3.05) is 32.6 Å². The fourth-order valence-electron chi connectivity index (χ4n) is 3.73. The largest absolute Gasteiger partial charge is 0.497 e. The molecule has 0 bridgehead atoms. The number of anilines is 1. The van der Waals surface area contributed by atoms with Crippen LogP contribution < -0.4 is 9.64 Å². The highest BCUT2D eigenvalue weighted by atomic mass is 16.5. The fourth-order valence-corrected chi connectivity index (χ4v) is 3.73. The van der Waals surface area contributed by atoms with Gasteiger partial charge in [0.05, 0.1) is 19.2 Å². The predicted octanol–water partition coefficient (Wildman–Crippen LogP) is 3.44. The molecule has 1 amide bonds. The van der Waals surface area contributed by atoms with E-state index < -0.39 is 0 Å². The number of nitrogens with one attached hydrogen (secondary N) is 1. The lowest BCUT2D eigenvalue weighted by Gasteiger charge is -2.28. The van der Waals surface area contributed by atoms with Crippen LogP contribution in [0.5, 0.6) is 5.75 Å². The van der Waals surface area contributed by atoms with Crippen molar-refractivity contribution in [2.24, 2.45) is 0 Å². The number of methoxy groups -OCH3 is 1. The van der Waals surface area contributed by atoms with Crippen LogP contribution in [-0.2, 0) is 13.0 Å². The van der Waals surface area contributed by atoms with Crippen molar-refractivity contribution in [3.05, 3.63) is 59.3 Å². The lowest BCUT2D eigenvalue weighted by Crippen LogP contribution is -2.36. The molecule has 2 heterocycles. The lowest BCUT2D eigenvalue weighted by molar-refractivity contribution is 0.0733. The van der Waals surface area contributed by atoms with Gasteiger partial charge in [0.25, 0.3) is 5.91 Å². The number of nitrogens with zero attached hydrogens (tertiary/aromatic N) is 2. The molecule has 4 rings (SSSR count). The Balaban J connectivity index is 1.66. The van der Waals surface area contributed by atoms with Crippen molar-refractivity contribution in [1.29, 1.82) is 0 Å². The van der Waals surface area contributed by atoms with Crippen molar-refractivity contribution in [3.63, 3.8) is 0 Å². The van der Waals surface area contributed by atoms with Gasteiger partial charge in [0.1, 0.15) is 5.75 Å². The number of amides is 1. The molecule has 134 valence electrons. The highest BCUT2D eigenvalue weighted by Gasteiger charge is 2.26. The van der Waals surface area contributed by atoms with Gasteiger partial charge in [-0.1, -0.05) is 12.1 Å². The third kappa shape index (κ3) is 2.69. The zero-order valence-corrected chi connectivity index (χ0v) is 15.4. The van der Waals surface area contributed by atoms with Crippen LogP contribution in [0.15, 0.2) is 42.5 Å². The summed E-state index contributed by atoms with van der Waals surface area (Å²) < 4.78 is 5.35. The van der Waals surface area contributed by atoms with Crippen molar-refractivity contribution >= 4 is 22.5 Å². The van der Waals surface area contributed by atoms with E-state index in [-0.39, 0.29) is 5.91 Å². The summed E-state index contributed by atoms with van der Waals surface area (Å²) in [5.74, 6) is 0.939. The van der Waals surface area contributed by atoms with E-state index in [1.165, 1.54) is 10.9 Å². The first-order valence-corrected chi connectivity index (χ1v) is 8.81. The van der Waals surface area contributed by atoms with E-state index in [1.807, 2.05) is 60.3 Å². The summed E-state index contributed by atoms with van der Waals surface area (Å²) in [4.78, 5) is 20.5. The van der Waals surface area contributed by atoms with Gasteiger partial charge in [-0.25, -0.2) is 0 Å². The minimum atomic E-state index is 0.0798. The number of benzene rings is 2. The van der Waals surface area contributed by atoms with E-state index in [9.17, 15) is 4.79 Å². The highest BCUT2D eigenvalue weighted by Crippen LogP contribution is 2.31. The number of fused-ring (bicyclic) bond motifs is 3. The summed E-state index contributed by atoms with van der Waals surface area (Å²) in [6.45, 7) is 1.32. The summed E-state index contributed by atoms with van der Waals surface area (Å²) in [6.07, 6.45) is 0.846. The number of H-pyrrole nitrogens is 1. The van der Waals surface area contributed by atoms with Crippen LogP contribution in [0.2, 0.25) is 0 Å². The smallest absolute Gasteiger partial charge is 0.256 e. The van der Waals surface area contributed by atoms with E-state index in [2.05, 4.69) is 11.1 Å². The van der Waals surface area contributed by atoms with Gasteiger partial charge in [-0.05, 0) is 42.3 Å². The van der Waals surface area contributed by atoms with Crippen LogP contribution in [0.3, 0.4) is 0 Å². The first-order chi connectivity index (χ1) is 12.6. The average Bonchev–Trinajstić information content (AvgIpc) is 3.04. The molecule has 1 N–H and O–H groups in total. The third-order valence-electron chi connectivity index (χ3n) is 5.09. The molecule has 0 saturated carbocycles. The molecule has 0 spiro atoms. The minimum absolute atomic E-state index is 0.0798. The Bertz CT molecular complexity index is 975. The molecule has 5 heteroatoms. The third-order valence-corrected chi connectivity index (χ3v) is 5.09. The van der Waals surface area contributed by atoms with Crippen molar-refractivity contribution in [1.82, 2.24) is 9.88 Å². The first kappa shape index (κ1) is 16.5. The summed E-state index contributed by atoms with van der Waals surface area (Å²) in [5, 5.41) is 1.19. The van der Waals surface area contributed by atoms with Crippen LogP contribution in [0.4, 0.5) is 5.69 Å². The number of hydrogen-bond donors (Lipinski definition) is 1. The molecule has 0 atom stereocenters. The Hall–Kier alpha value is -2.95. The standard InChI is InChI=1S/C21H23N3O2/c1-23(2)20-7-5-4-6-16(20)21(25)24-11-10-15-17-12-14(26-3)8-9-18(17)22-19(15)13-24/h4-9,12,22H,10-11,13H2,1-3H3. The Morgan fingerprint density at radius 1 is 1.19 bits per heavy atom. The maximum absolute atomic E-state index is 13.1. The van der Waals surface area contributed by atoms with Crippen molar-refractivity contribution < 1.29 is 9.53 Å². The van der Waals surface area contributed by atoms with Crippen molar-refractivity contribution in [2.45, 2.75) is 13.0 Å². The van der Waals surface area contributed by atoms with Gasteiger partial charge in [0.15, 0.2) is 0 Å². The second-order valence-electron chi connectivity index (χ2n) is 6.88. The minimum Gasteiger partial charge on any atom is -0.497 e. The topological polar surface area (TPSA) is 48.6 Å². The van der Waals surface area contributed by atoms with Gasteiger partial charge in [-0.3, -0.25) is 4.79 Å². The second-order valence-corrected chi connectivity index (χ2v) is 6.88. The number of ether oxygens (including phenoxy) is 1. The molecule has 0 unspecified atom stereocenters. The quantitative estimate of drug-likeness (QED) is 0.788. The second kappa shape index (κ2) is 6.41. The van der Waals surface area contributed by atoms with Crippen LogP contribution in [0.25, 0.3) is 10.9 Å². The zero-order valence-electron chi connectivity index (χ0n) is 15.4. The van der Waals surface area contributed by atoms with Gasteiger partial charge in [0.2, 0.25) is 0 Å². The van der Waals surface area contributed by atoms with Crippen LogP contribution in [-0.4, -0.2) is 43.5 Å². The highest BCUT2D eigenvalue weighted by molar-refractivity contribution is 6.00. The van der Waals surface area contributed by atoms with Crippen LogP contribution in [0, 0.1) is 0 Å². The number of carbonyl (C=O) groups excluding carboxylic acids is 1. The molecule has 0 aliphatic carbocycles. The molecule has 1 aliphatic rings. The Morgan fingerprint density at radius 2 is 2.00 bits per heavy atom. The number of hydrogen-bond acceptors (Lipinski definition) is 3. The Labute approximate surface area is 153 Å². The van der Waals surface area contributed by atoms with E-state index in [1.54, 1.807) is 7.11 Å². The molecule has 0 saturated heterocycles. The summed E-state index contributed by atoms with van der Waals surface area (Å²) in [6, 6.07) is 13.8. The van der Waals surface area contributed by atoms with Crippen LogP contribution >= 0.6 is 0 Å². The van der Waals surface area contributed by atoms with E-state index in [4.69, 9.17) is 4.74 Å². The molecular weight excluding hydrogens is 326 g/mol. The number of aromatic amines is 1. The van der Waals surface area contributed by atoms with E-state index >= 15 is 0 Å². The maximum atomic E-state index is 13.1. The van der Waals surface area contributed by atoms with Gasteiger partial charge in [-0.15, -0.1) is 0 Å². The van der Waals surface area contributed by atoms with Gasteiger partial charge >= 0.3 is 0 Å². The van der Waals surface area contributed by atoms with Crippen LogP contribution in [0.1, 0.15) is 21.6 Å². The monoisotopic (exact) mass is 349 g/mol. The molecule has 1 aliphatic heterocycles. The zero-order chi connectivity index (χ0) is 18.3. The maximum Gasteiger partial charge on any atom is 0.256 e. The summed E-state index contributed by atoms with van der Waals surface area (Å²) >= 11 is 0. The number of rotatable bonds is 3. The Morgan fingerprint density at radius 3 is 2.77 bits per heavy atom. The SMILES string of the molecule is COc1ccc2[nH]c3c(c2c1)CCN(C(=O)c1ccccc1N(C)C)C3. The Kier molecular flexibility index (Phi) is 4.07. The molecule has 2 aromatic carbocycles. The fraction of sp³-hybridized carbons (Fsp3) is 0.286. The van der Waals surface area contributed by atoms with Crippen molar-refractivity contribution in [3.8, 4) is 5.75 Å². The molecule has 0 fully saturated rings. The molecule has 1 aromatic heterocycles. The lowest BCUT2D eigenvalue weighted by atomic mass is 10.0. The van der Waals surface area contributed by atoms with E-state index in [0.717, 1.165) is 41.2 Å². The summed E-state index contributed by atoms with van der Waals surface area (Å²) in [5.41, 5.74) is 5.21. The van der Waals surface area contributed by atoms with E-state index in [0.29, 0.717) is 6.54 Å². The summed E-state index contributed by atoms with van der Waals surface area (Å²) in [7, 11) is 5.61. The molecule has 3 aromatic rings. The number of carbonyl (C=O) groups is 1. The number of para-hydroxylation sites is 1.